The molecule has 0 amide bonds. The maximum Gasteiger partial charge on any atom is 0.0208 e. The molecule has 1 fully saturated rings. The van der Waals surface area contributed by atoms with E-state index in [1.54, 1.807) is 0 Å². The van der Waals surface area contributed by atoms with E-state index in [9.17, 15) is 0 Å². The third kappa shape index (κ3) is 2.82. The summed E-state index contributed by atoms with van der Waals surface area (Å²) in [4.78, 5) is 0. The molecule has 2 heteroatoms. The predicted molar refractivity (Wildman–Crippen MR) is 78.6 cm³/mol. The van der Waals surface area contributed by atoms with Gasteiger partial charge in [-0.2, -0.15) is 0 Å². The minimum Gasteiger partial charge on any atom is -0.309 e. The Bertz CT molecular complexity index is 506. The van der Waals surface area contributed by atoms with Crippen LogP contribution in [0.15, 0.2) is 59.1 Å². The Morgan fingerprint density at radius 1 is 1.00 bits per heavy atom. The Morgan fingerprint density at radius 2 is 1.72 bits per heavy atom. The number of nitrogens with one attached hydrogen (secondary N) is 1. The second kappa shape index (κ2) is 5.25. The molecule has 1 saturated carbocycles. The summed E-state index contributed by atoms with van der Waals surface area (Å²) < 4.78 is 1.15. The molecule has 0 saturated heterocycles. The van der Waals surface area contributed by atoms with Crippen molar-refractivity contribution in [2.24, 2.45) is 0 Å². The molecular weight excluding hydrogens is 286 g/mol. The number of hydrogen-bond donors (Lipinski definition) is 1. The Kier molecular flexibility index (Phi) is 3.48. The van der Waals surface area contributed by atoms with Crippen molar-refractivity contribution in [1.29, 1.82) is 0 Å². The van der Waals surface area contributed by atoms with Crippen molar-refractivity contribution in [3.8, 4) is 0 Å². The smallest absolute Gasteiger partial charge is 0.0208 e. The molecule has 0 heterocycles. The van der Waals surface area contributed by atoms with Crippen LogP contribution in [0.2, 0.25) is 0 Å². The molecular formula is C16H16BrN. The summed E-state index contributed by atoms with van der Waals surface area (Å²) in [6, 6.07) is 19.9. The molecule has 1 aliphatic rings. The molecule has 0 aromatic heterocycles. The Morgan fingerprint density at radius 3 is 2.44 bits per heavy atom. The van der Waals surface area contributed by atoms with Crippen LogP contribution in [0.4, 0.5) is 0 Å². The van der Waals surface area contributed by atoms with Crippen LogP contribution >= 0.6 is 15.9 Å². The van der Waals surface area contributed by atoms with Gasteiger partial charge in [0, 0.05) is 23.0 Å². The van der Waals surface area contributed by atoms with Crippen molar-refractivity contribution in [3.05, 3.63) is 70.2 Å². The molecule has 2 aromatic rings. The van der Waals surface area contributed by atoms with Crippen LogP contribution in [0.5, 0.6) is 0 Å². The predicted octanol–water partition coefficient (Wildman–Crippen LogP) is 4.09. The Labute approximate surface area is 116 Å². The second-order valence-electron chi connectivity index (χ2n) is 4.87. The first-order valence-electron chi connectivity index (χ1n) is 6.36. The molecule has 2 unspecified atom stereocenters. The molecule has 3 rings (SSSR count). The molecule has 1 N–H and O–H groups in total. The zero-order valence-electron chi connectivity index (χ0n) is 10.1. The lowest BCUT2D eigenvalue weighted by Crippen LogP contribution is -2.17. The van der Waals surface area contributed by atoms with Gasteiger partial charge in [0.2, 0.25) is 0 Å². The molecule has 92 valence electrons. The largest absolute Gasteiger partial charge is 0.309 e. The first-order chi connectivity index (χ1) is 8.83. The van der Waals surface area contributed by atoms with Crippen LogP contribution in [0.1, 0.15) is 23.5 Å². The maximum absolute atomic E-state index is 3.62. The molecule has 2 atom stereocenters. The molecule has 0 bridgehead atoms. The summed E-state index contributed by atoms with van der Waals surface area (Å²) in [5.74, 6) is 0.696. The fraction of sp³-hybridized carbons (Fsp3) is 0.250. The third-order valence-corrected chi connectivity index (χ3v) is 4.03. The lowest BCUT2D eigenvalue weighted by molar-refractivity contribution is 0.673. The molecule has 0 aliphatic heterocycles. The van der Waals surface area contributed by atoms with Crippen LogP contribution in [-0.4, -0.2) is 6.04 Å². The molecule has 18 heavy (non-hydrogen) atoms. The average molecular weight is 302 g/mol. The Balaban J connectivity index is 1.54. The minimum absolute atomic E-state index is 0.645. The van der Waals surface area contributed by atoms with Gasteiger partial charge in [0.25, 0.3) is 0 Å². The van der Waals surface area contributed by atoms with E-state index in [4.69, 9.17) is 0 Å². The molecule has 2 aromatic carbocycles. The first-order valence-corrected chi connectivity index (χ1v) is 7.15. The van der Waals surface area contributed by atoms with Crippen LogP contribution < -0.4 is 5.32 Å². The third-order valence-electron chi connectivity index (χ3n) is 3.50. The van der Waals surface area contributed by atoms with Crippen molar-refractivity contribution < 1.29 is 0 Å². The fourth-order valence-corrected chi connectivity index (χ4v) is 2.61. The molecule has 0 spiro atoms. The number of hydrogen-bond acceptors (Lipinski definition) is 1. The van der Waals surface area contributed by atoms with Crippen LogP contribution in [-0.2, 0) is 6.54 Å². The summed E-state index contributed by atoms with van der Waals surface area (Å²) >= 11 is 3.48. The normalized spacial score (nSPS) is 21.8. The second-order valence-corrected chi connectivity index (χ2v) is 5.78. The van der Waals surface area contributed by atoms with Gasteiger partial charge in [-0.1, -0.05) is 58.4 Å². The van der Waals surface area contributed by atoms with E-state index in [0.29, 0.717) is 12.0 Å². The van der Waals surface area contributed by atoms with Gasteiger partial charge in [-0.15, -0.1) is 0 Å². The zero-order chi connectivity index (χ0) is 12.4. The molecule has 1 nitrogen and oxygen atoms in total. The van der Waals surface area contributed by atoms with Crippen molar-refractivity contribution in [3.63, 3.8) is 0 Å². The summed E-state index contributed by atoms with van der Waals surface area (Å²) in [5.41, 5.74) is 2.81. The number of benzene rings is 2. The van der Waals surface area contributed by atoms with Gasteiger partial charge in [-0.3, -0.25) is 0 Å². The highest BCUT2D eigenvalue weighted by Gasteiger charge is 2.37. The van der Waals surface area contributed by atoms with Gasteiger partial charge in [0.15, 0.2) is 0 Å². The van der Waals surface area contributed by atoms with Crippen molar-refractivity contribution in [2.45, 2.75) is 24.9 Å². The van der Waals surface area contributed by atoms with E-state index in [2.05, 4.69) is 75.8 Å². The van der Waals surface area contributed by atoms with E-state index in [-0.39, 0.29) is 0 Å². The summed E-state index contributed by atoms with van der Waals surface area (Å²) in [7, 11) is 0. The lowest BCUT2D eigenvalue weighted by atomic mass is 10.1. The van der Waals surface area contributed by atoms with Crippen molar-refractivity contribution in [1.82, 2.24) is 5.32 Å². The first kappa shape index (κ1) is 11.9. The number of rotatable bonds is 4. The van der Waals surface area contributed by atoms with Gasteiger partial charge in [-0.05, 0) is 29.7 Å². The topological polar surface area (TPSA) is 12.0 Å². The van der Waals surface area contributed by atoms with Gasteiger partial charge < -0.3 is 5.32 Å². The standard InChI is InChI=1S/C16H16BrN/c17-14-8-6-13(7-9-14)15-10-16(15)18-11-12-4-2-1-3-5-12/h1-9,15-16,18H,10-11H2. The van der Waals surface area contributed by atoms with Crippen LogP contribution in [0.3, 0.4) is 0 Å². The van der Waals surface area contributed by atoms with Gasteiger partial charge in [0.05, 0.1) is 0 Å². The van der Waals surface area contributed by atoms with Gasteiger partial charge in [0.1, 0.15) is 0 Å². The summed E-state index contributed by atoms with van der Waals surface area (Å²) in [6.07, 6.45) is 1.26. The van der Waals surface area contributed by atoms with E-state index >= 15 is 0 Å². The van der Waals surface area contributed by atoms with Crippen LogP contribution in [0, 0.1) is 0 Å². The highest BCUT2D eigenvalue weighted by molar-refractivity contribution is 9.10. The SMILES string of the molecule is Brc1ccc(C2CC2NCc2ccccc2)cc1. The van der Waals surface area contributed by atoms with Crippen LogP contribution in [0.25, 0.3) is 0 Å². The van der Waals surface area contributed by atoms with E-state index in [1.807, 2.05) is 0 Å². The Hall–Kier alpha value is -1.12. The van der Waals surface area contributed by atoms with E-state index < -0.39 is 0 Å². The molecule has 0 radical (unpaired) electrons. The lowest BCUT2D eigenvalue weighted by Gasteiger charge is -2.04. The number of halogens is 1. The van der Waals surface area contributed by atoms with Gasteiger partial charge >= 0.3 is 0 Å². The molecule has 1 aliphatic carbocycles. The highest BCUT2D eigenvalue weighted by atomic mass is 79.9. The van der Waals surface area contributed by atoms with E-state index in [1.165, 1.54) is 17.5 Å². The maximum atomic E-state index is 3.62. The average Bonchev–Trinajstić information content (AvgIpc) is 3.18. The fourth-order valence-electron chi connectivity index (χ4n) is 2.34. The monoisotopic (exact) mass is 301 g/mol. The summed E-state index contributed by atoms with van der Waals surface area (Å²) in [6.45, 7) is 0.971. The van der Waals surface area contributed by atoms with E-state index in [0.717, 1.165) is 11.0 Å². The zero-order valence-corrected chi connectivity index (χ0v) is 11.7. The van der Waals surface area contributed by atoms with Crippen molar-refractivity contribution in [2.75, 3.05) is 0 Å². The summed E-state index contributed by atoms with van der Waals surface area (Å²) in [5, 5.41) is 3.62. The van der Waals surface area contributed by atoms with Gasteiger partial charge in [-0.25, -0.2) is 0 Å². The quantitative estimate of drug-likeness (QED) is 0.897. The minimum atomic E-state index is 0.645. The highest BCUT2D eigenvalue weighted by Crippen LogP contribution is 2.41. The van der Waals surface area contributed by atoms with Crippen molar-refractivity contribution >= 4 is 15.9 Å².